The fourth-order valence-corrected chi connectivity index (χ4v) is 2.76. The van der Waals surface area contributed by atoms with Gasteiger partial charge in [-0.2, -0.15) is 0 Å². The van der Waals surface area contributed by atoms with E-state index < -0.39 is 0 Å². The second-order valence-electron chi connectivity index (χ2n) is 6.06. The third-order valence-electron chi connectivity index (χ3n) is 4.40. The summed E-state index contributed by atoms with van der Waals surface area (Å²) in [6.07, 6.45) is 1.01. The molecule has 0 aliphatic carbocycles. The number of aliphatic hydroxyl groups is 1. The first-order chi connectivity index (χ1) is 9.56. The highest BCUT2D eigenvalue weighted by molar-refractivity contribution is 6.30. The average molecular weight is 297 g/mol. The van der Waals surface area contributed by atoms with Gasteiger partial charge < -0.3 is 10.0 Å². The SMILES string of the molecule is CCC(C)(CO)CN1CCN(c2ccc(Cl)cc2)CC1. The van der Waals surface area contributed by atoms with Gasteiger partial charge in [0.15, 0.2) is 0 Å². The van der Waals surface area contributed by atoms with Crippen molar-refractivity contribution in [1.82, 2.24) is 4.90 Å². The fourth-order valence-electron chi connectivity index (χ4n) is 2.63. The molecule has 4 heteroatoms. The smallest absolute Gasteiger partial charge is 0.0496 e. The van der Waals surface area contributed by atoms with Crippen LogP contribution in [0.2, 0.25) is 5.02 Å². The van der Waals surface area contributed by atoms with Crippen LogP contribution in [0.5, 0.6) is 0 Å². The van der Waals surface area contributed by atoms with E-state index in [1.165, 1.54) is 5.69 Å². The molecule has 1 aliphatic rings. The molecule has 1 heterocycles. The number of halogens is 1. The van der Waals surface area contributed by atoms with Crippen molar-refractivity contribution >= 4 is 17.3 Å². The normalized spacial score (nSPS) is 19.9. The van der Waals surface area contributed by atoms with Crippen molar-refractivity contribution < 1.29 is 5.11 Å². The molecule has 1 saturated heterocycles. The van der Waals surface area contributed by atoms with Gasteiger partial charge >= 0.3 is 0 Å². The monoisotopic (exact) mass is 296 g/mol. The van der Waals surface area contributed by atoms with Gasteiger partial charge in [0.25, 0.3) is 0 Å². The maximum Gasteiger partial charge on any atom is 0.0496 e. The number of hydrogen-bond acceptors (Lipinski definition) is 3. The maximum atomic E-state index is 9.52. The van der Waals surface area contributed by atoms with Crippen LogP contribution in [0.25, 0.3) is 0 Å². The molecule has 1 aromatic carbocycles. The van der Waals surface area contributed by atoms with Crippen molar-refractivity contribution in [3.8, 4) is 0 Å². The van der Waals surface area contributed by atoms with Crippen LogP contribution >= 0.6 is 11.6 Å². The Hall–Kier alpha value is -0.770. The summed E-state index contributed by atoms with van der Waals surface area (Å²) >= 11 is 5.93. The molecule has 3 nitrogen and oxygen atoms in total. The van der Waals surface area contributed by atoms with Crippen molar-refractivity contribution in [2.24, 2.45) is 5.41 Å². The summed E-state index contributed by atoms with van der Waals surface area (Å²) in [5, 5.41) is 10.3. The molecule has 0 amide bonds. The van der Waals surface area contributed by atoms with Gasteiger partial charge in [0.2, 0.25) is 0 Å². The van der Waals surface area contributed by atoms with Crippen LogP contribution in [0.15, 0.2) is 24.3 Å². The third-order valence-corrected chi connectivity index (χ3v) is 4.66. The molecule has 112 valence electrons. The number of aliphatic hydroxyl groups excluding tert-OH is 1. The minimum absolute atomic E-state index is 0.0302. The van der Waals surface area contributed by atoms with E-state index in [9.17, 15) is 5.11 Å². The van der Waals surface area contributed by atoms with Gasteiger partial charge in [0.1, 0.15) is 0 Å². The van der Waals surface area contributed by atoms with Gasteiger partial charge in [0.05, 0.1) is 0 Å². The summed E-state index contributed by atoms with van der Waals surface area (Å²) in [5.74, 6) is 0. The van der Waals surface area contributed by atoms with Crippen LogP contribution < -0.4 is 4.90 Å². The Bertz CT molecular complexity index is 409. The standard InChI is InChI=1S/C16H25ClN2O/c1-3-16(2,13-20)12-18-8-10-19(11-9-18)15-6-4-14(17)5-7-15/h4-7,20H,3,8-13H2,1-2H3. The lowest BCUT2D eigenvalue weighted by Crippen LogP contribution is -2.50. The topological polar surface area (TPSA) is 26.7 Å². The zero-order valence-corrected chi connectivity index (χ0v) is 13.2. The van der Waals surface area contributed by atoms with Crippen LogP contribution in [0.4, 0.5) is 5.69 Å². The van der Waals surface area contributed by atoms with Gasteiger partial charge in [-0.3, -0.25) is 4.90 Å². The first kappa shape index (κ1) is 15.6. The van der Waals surface area contributed by atoms with Crippen molar-refractivity contribution in [1.29, 1.82) is 0 Å². The second-order valence-corrected chi connectivity index (χ2v) is 6.50. The van der Waals surface area contributed by atoms with Crippen LogP contribution in [-0.2, 0) is 0 Å². The highest BCUT2D eigenvalue weighted by atomic mass is 35.5. The molecule has 1 atom stereocenters. The second kappa shape index (κ2) is 6.79. The molecule has 0 spiro atoms. The van der Waals surface area contributed by atoms with Crippen LogP contribution in [-0.4, -0.2) is 49.3 Å². The van der Waals surface area contributed by atoms with E-state index in [-0.39, 0.29) is 12.0 Å². The van der Waals surface area contributed by atoms with E-state index in [4.69, 9.17) is 11.6 Å². The lowest BCUT2D eigenvalue weighted by molar-refractivity contribution is 0.0818. The van der Waals surface area contributed by atoms with E-state index in [0.717, 1.165) is 44.2 Å². The Kier molecular flexibility index (Phi) is 5.30. The van der Waals surface area contributed by atoms with Gasteiger partial charge in [-0.05, 0) is 30.7 Å². The summed E-state index contributed by atoms with van der Waals surface area (Å²) in [6, 6.07) is 8.07. The number of anilines is 1. The maximum absolute atomic E-state index is 9.52. The molecule has 0 bridgehead atoms. The first-order valence-electron chi connectivity index (χ1n) is 7.40. The van der Waals surface area contributed by atoms with Crippen LogP contribution in [0.1, 0.15) is 20.3 Å². The molecule has 1 N–H and O–H groups in total. The highest BCUT2D eigenvalue weighted by Gasteiger charge is 2.26. The predicted molar refractivity (Wildman–Crippen MR) is 85.6 cm³/mol. The van der Waals surface area contributed by atoms with Crippen molar-refractivity contribution in [3.05, 3.63) is 29.3 Å². The number of rotatable bonds is 5. The minimum Gasteiger partial charge on any atom is -0.396 e. The highest BCUT2D eigenvalue weighted by Crippen LogP contribution is 2.24. The van der Waals surface area contributed by atoms with Crippen LogP contribution in [0, 0.1) is 5.41 Å². The number of hydrogen-bond donors (Lipinski definition) is 1. The lowest BCUT2D eigenvalue weighted by atomic mass is 9.88. The number of piperazine rings is 1. The molecular weight excluding hydrogens is 272 g/mol. The Morgan fingerprint density at radius 2 is 1.75 bits per heavy atom. The molecule has 2 rings (SSSR count). The molecule has 0 aromatic heterocycles. The average Bonchev–Trinajstić information content (AvgIpc) is 2.49. The largest absolute Gasteiger partial charge is 0.396 e. The summed E-state index contributed by atoms with van der Waals surface area (Å²) in [4.78, 5) is 4.86. The Labute approximate surface area is 127 Å². The Morgan fingerprint density at radius 1 is 1.15 bits per heavy atom. The van der Waals surface area contributed by atoms with Crippen LogP contribution in [0.3, 0.4) is 0 Å². The third kappa shape index (κ3) is 3.87. The number of benzene rings is 1. The zero-order chi connectivity index (χ0) is 14.6. The molecule has 0 saturated carbocycles. The van der Waals surface area contributed by atoms with Gasteiger partial charge in [-0.25, -0.2) is 0 Å². The molecule has 1 unspecified atom stereocenters. The quantitative estimate of drug-likeness (QED) is 0.905. The van der Waals surface area contributed by atoms with Gasteiger partial charge in [0, 0.05) is 55.5 Å². The first-order valence-corrected chi connectivity index (χ1v) is 7.78. The van der Waals surface area contributed by atoms with E-state index >= 15 is 0 Å². The number of nitrogens with zero attached hydrogens (tertiary/aromatic N) is 2. The Morgan fingerprint density at radius 3 is 2.25 bits per heavy atom. The van der Waals surface area contributed by atoms with E-state index in [1.54, 1.807) is 0 Å². The summed E-state index contributed by atoms with van der Waals surface area (Å²) < 4.78 is 0. The molecule has 20 heavy (non-hydrogen) atoms. The van der Waals surface area contributed by atoms with Gasteiger partial charge in [-0.15, -0.1) is 0 Å². The minimum atomic E-state index is 0.0302. The molecule has 1 fully saturated rings. The van der Waals surface area contributed by atoms with Gasteiger partial charge in [-0.1, -0.05) is 25.4 Å². The van der Waals surface area contributed by atoms with Crippen molar-refractivity contribution in [2.75, 3.05) is 44.2 Å². The Balaban J connectivity index is 1.87. The molecular formula is C16H25ClN2O. The molecule has 0 radical (unpaired) electrons. The molecule has 1 aromatic rings. The lowest BCUT2D eigenvalue weighted by Gasteiger charge is -2.40. The van der Waals surface area contributed by atoms with E-state index in [0.29, 0.717) is 0 Å². The summed E-state index contributed by atoms with van der Waals surface area (Å²) in [7, 11) is 0. The predicted octanol–water partition coefficient (Wildman–Crippen LogP) is 2.87. The summed E-state index contributed by atoms with van der Waals surface area (Å²) in [6.45, 7) is 9.74. The fraction of sp³-hybridized carbons (Fsp3) is 0.625. The zero-order valence-electron chi connectivity index (χ0n) is 12.5. The van der Waals surface area contributed by atoms with E-state index in [2.05, 4.69) is 35.8 Å². The van der Waals surface area contributed by atoms with Crippen molar-refractivity contribution in [3.63, 3.8) is 0 Å². The van der Waals surface area contributed by atoms with E-state index in [1.807, 2.05) is 12.1 Å². The summed E-state index contributed by atoms with van der Waals surface area (Å²) in [5.41, 5.74) is 1.28. The van der Waals surface area contributed by atoms with Crippen molar-refractivity contribution in [2.45, 2.75) is 20.3 Å². The molecule has 1 aliphatic heterocycles.